The van der Waals surface area contributed by atoms with Gasteiger partial charge in [0.1, 0.15) is 0 Å². The number of hydrogen-bond acceptors (Lipinski definition) is 3. The summed E-state index contributed by atoms with van der Waals surface area (Å²) in [5.74, 6) is 0.557. The SMILES string of the molecule is NC1(CCn2cc(C(=O)NCC3CCCCCC3)c3c(Cl)cccc32)COC1. The molecule has 1 aliphatic heterocycles. The normalized spacial score (nSPS) is 19.9. The number of benzene rings is 1. The van der Waals surface area contributed by atoms with Crippen LogP contribution in [0.15, 0.2) is 24.4 Å². The minimum Gasteiger partial charge on any atom is -0.377 e. The van der Waals surface area contributed by atoms with Crippen LogP contribution in [-0.4, -0.2) is 35.8 Å². The van der Waals surface area contributed by atoms with Gasteiger partial charge in [-0.15, -0.1) is 0 Å². The number of fused-ring (bicyclic) bond motifs is 1. The standard InChI is InChI=1S/C22H30ClN3O2/c23-18-8-5-9-19-20(18)17(13-26(19)11-10-22(24)14-28-15-22)21(27)25-12-16-6-3-1-2-4-7-16/h5,8-9,13,16H,1-4,6-7,10-12,14-15,24H2,(H,25,27). The molecule has 1 saturated carbocycles. The van der Waals surface area contributed by atoms with E-state index in [4.69, 9.17) is 22.1 Å². The van der Waals surface area contributed by atoms with Gasteiger partial charge in [0, 0.05) is 24.7 Å². The van der Waals surface area contributed by atoms with Crippen molar-refractivity contribution in [1.82, 2.24) is 9.88 Å². The van der Waals surface area contributed by atoms with Crippen LogP contribution >= 0.6 is 11.6 Å². The molecule has 1 aliphatic carbocycles. The quantitative estimate of drug-likeness (QED) is 0.713. The number of ether oxygens (including phenoxy) is 1. The second-order valence-corrected chi connectivity index (χ2v) is 8.95. The van der Waals surface area contributed by atoms with Crippen LogP contribution in [0.2, 0.25) is 5.02 Å². The number of nitrogens with zero attached hydrogens (tertiary/aromatic N) is 1. The molecule has 1 aromatic carbocycles. The smallest absolute Gasteiger partial charge is 0.253 e. The van der Waals surface area contributed by atoms with E-state index < -0.39 is 0 Å². The van der Waals surface area contributed by atoms with Gasteiger partial charge in [0.2, 0.25) is 0 Å². The summed E-state index contributed by atoms with van der Waals surface area (Å²) in [6.07, 6.45) is 10.4. The Labute approximate surface area is 171 Å². The molecule has 152 valence electrons. The molecule has 2 heterocycles. The molecule has 2 fully saturated rings. The minimum absolute atomic E-state index is 0.0319. The van der Waals surface area contributed by atoms with Gasteiger partial charge in [-0.05, 0) is 37.3 Å². The second kappa shape index (κ2) is 8.44. The number of aryl methyl sites for hydroxylation is 1. The Morgan fingerprint density at radius 2 is 2.00 bits per heavy atom. The molecule has 0 radical (unpaired) electrons. The van der Waals surface area contributed by atoms with E-state index in [9.17, 15) is 4.79 Å². The molecule has 0 bridgehead atoms. The van der Waals surface area contributed by atoms with E-state index in [1.54, 1.807) is 0 Å². The fourth-order valence-electron chi connectivity index (χ4n) is 4.42. The summed E-state index contributed by atoms with van der Waals surface area (Å²) in [7, 11) is 0. The average molecular weight is 404 g/mol. The van der Waals surface area contributed by atoms with Gasteiger partial charge in [-0.3, -0.25) is 4.79 Å². The van der Waals surface area contributed by atoms with Gasteiger partial charge in [0.25, 0.3) is 5.91 Å². The van der Waals surface area contributed by atoms with Crippen LogP contribution in [0.4, 0.5) is 0 Å². The molecule has 3 N–H and O–H groups in total. The lowest BCUT2D eigenvalue weighted by molar-refractivity contribution is -0.0588. The predicted molar refractivity (Wildman–Crippen MR) is 113 cm³/mol. The van der Waals surface area contributed by atoms with Crippen LogP contribution in [0.25, 0.3) is 10.9 Å². The van der Waals surface area contributed by atoms with Gasteiger partial charge < -0.3 is 20.4 Å². The summed E-state index contributed by atoms with van der Waals surface area (Å²) in [5, 5.41) is 4.62. The van der Waals surface area contributed by atoms with Crippen molar-refractivity contribution >= 4 is 28.4 Å². The average Bonchev–Trinajstić information content (AvgIpc) is 2.85. The zero-order chi connectivity index (χ0) is 19.6. The number of nitrogens with one attached hydrogen (secondary N) is 1. The zero-order valence-corrected chi connectivity index (χ0v) is 17.1. The molecule has 0 spiro atoms. The first-order chi connectivity index (χ1) is 13.6. The molecule has 1 amide bonds. The van der Waals surface area contributed by atoms with Gasteiger partial charge in [0.05, 0.1) is 34.9 Å². The third kappa shape index (κ3) is 4.22. The molecule has 28 heavy (non-hydrogen) atoms. The topological polar surface area (TPSA) is 69.3 Å². The van der Waals surface area contributed by atoms with Crippen LogP contribution in [-0.2, 0) is 11.3 Å². The van der Waals surface area contributed by atoms with Crippen molar-refractivity contribution in [2.75, 3.05) is 19.8 Å². The minimum atomic E-state index is -0.253. The molecular weight excluding hydrogens is 374 g/mol. The van der Waals surface area contributed by atoms with Crippen molar-refractivity contribution in [3.05, 3.63) is 35.0 Å². The van der Waals surface area contributed by atoms with Gasteiger partial charge in [0.15, 0.2) is 0 Å². The van der Waals surface area contributed by atoms with Crippen molar-refractivity contribution in [2.45, 2.75) is 57.0 Å². The summed E-state index contributed by atoms with van der Waals surface area (Å²) >= 11 is 6.48. The fourth-order valence-corrected chi connectivity index (χ4v) is 4.69. The number of carbonyl (C=O) groups is 1. The number of aromatic nitrogens is 1. The van der Waals surface area contributed by atoms with Crippen molar-refractivity contribution in [3.8, 4) is 0 Å². The van der Waals surface area contributed by atoms with Gasteiger partial charge in [-0.2, -0.15) is 0 Å². The Hall–Kier alpha value is -1.56. The maximum atomic E-state index is 13.0. The number of nitrogens with two attached hydrogens (primary N) is 1. The van der Waals surface area contributed by atoms with Crippen molar-refractivity contribution < 1.29 is 9.53 Å². The van der Waals surface area contributed by atoms with Gasteiger partial charge in [-0.1, -0.05) is 43.4 Å². The summed E-state index contributed by atoms with van der Waals surface area (Å²) in [6, 6.07) is 5.79. The number of hydrogen-bond donors (Lipinski definition) is 2. The molecule has 2 aromatic rings. The first-order valence-corrected chi connectivity index (χ1v) is 10.9. The molecule has 0 atom stereocenters. The number of rotatable bonds is 6. The molecule has 1 saturated heterocycles. The lowest BCUT2D eigenvalue weighted by Crippen LogP contribution is -2.57. The third-order valence-corrected chi connectivity index (χ3v) is 6.57. The second-order valence-electron chi connectivity index (χ2n) is 8.54. The van der Waals surface area contributed by atoms with Crippen LogP contribution in [0, 0.1) is 5.92 Å². The summed E-state index contributed by atoms with van der Waals surface area (Å²) in [5.41, 5.74) is 7.68. The lowest BCUT2D eigenvalue weighted by Gasteiger charge is -2.37. The van der Waals surface area contributed by atoms with E-state index in [1.807, 2.05) is 24.4 Å². The van der Waals surface area contributed by atoms with Crippen LogP contribution in [0.3, 0.4) is 0 Å². The summed E-state index contributed by atoms with van der Waals surface area (Å²) < 4.78 is 7.36. The Morgan fingerprint density at radius 3 is 2.68 bits per heavy atom. The summed E-state index contributed by atoms with van der Waals surface area (Å²) in [4.78, 5) is 13.0. The Morgan fingerprint density at radius 1 is 1.25 bits per heavy atom. The Balaban J connectivity index is 1.51. The maximum absolute atomic E-state index is 13.0. The Kier molecular flexibility index (Phi) is 5.95. The largest absolute Gasteiger partial charge is 0.377 e. The number of halogens is 1. The molecule has 5 nitrogen and oxygen atoms in total. The van der Waals surface area contributed by atoms with E-state index in [1.165, 1.54) is 38.5 Å². The highest BCUT2D eigenvalue weighted by molar-refractivity contribution is 6.36. The number of carbonyl (C=O) groups excluding carboxylic acids is 1. The highest BCUT2D eigenvalue weighted by Gasteiger charge is 2.33. The highest BCUT2D eigenvalue weighted by atomic mass is 35.5. The molecule has 6 heteroatoms. The van der Waals surface area contributed by atoms with Crippen molar-refractivity contribution in [2.24, 2.45) is 11.7 Å². The maximum Gasteiger partial charge on any atom is 0.253 e. The summed E-state index contributed by atoms with van der Waals surface area (Å²) in [6.45, 7) is 2.69. The molecule has 4 rings (SSSR count). The first-order valence-electron chi connectivity index (χ1n) is 10.5. The third-order valence-electron chi connectivity index (χ3n) is 6.26. The van der Waals surface area contributed by atoms with E-state index in [-0.39, 0.29) is 11.4 Å². The highest BCUT2D eigenvalue weighted by Crippen LogP contribution is 2.30. The van der Waals surface area contributed by atoms with Crippen molar-refractivity contribution in [1.29, 1.82) is 0 Å². The molecule has 2 aliphatic rings. The predicted octanol–water partition coefficient (Wildman–Crippen LogP) is 4.11. The lowest BCUT2D eigenvalue weighted by atomic mass is 9.95. The molecular formula is C22H30ClN3O2. The number of amides is 1. The van der Waals surface area contributed by atoms with Crippen LogP contribution in [0.5, 0.6) is 0 Å². The van der Waals surface area contributed by atoms with Crippen LogP contribution in [0.1, 0.15) is 55.3 Å². The van der Waals surface area contributed by atoms with Crippen LogP contribution < -0.4 is 11.1 Å². The van der Waals surface area contributed by atoms with E-state index in [0.29, 0.717) is 29.7 Å². The molecule has 1 aromatic heterocycles. The van der Waals surface area contributed by atoms with Gasteiger partial charge in [-0.25, -0.2) is 0 Å². The fraction of sp³-hybridized carbons (Fsp3) is 0.591. The zero-order valence-electron chi connectivity index (χ0n) is 16.4. The van der Waals surface area contributed by atoms with Crippen molar-refractivity contribution in [3.63, 3.8) is 0 Å². The Bertz CT molecular complexity index is 836. The monoisotopic (exact) mass is 403 g/mol. The van der Waals surface area contributed by atoms with E-state index >= 15 is 0 Å². The van der Waals surface area contributed by atoms with Gasteiger partial charge >= 0.3 is 0 Å². The van der Waals surface area contributed by atoms with E-state index in [2.05, 4.69) is 9.88 Å². The molecule has 0 unspecified atom stereocenters. The van der Waals surface area contributed by atoms with E-state index in [0.717, 1.165) is 30.4 Å². The first kappa shape index (κ1) is 19.7.